The first-order chi connectivity index (χ1) is 11.5. The molecule has 0 bridgehead atoms. The lowest BCUT2D eigenvalue weighted by molar-refractivity contribution is 0.324. The molecule has 1 aromatic heterocycles. The SMILES string of the molecule is CCS(=O)(=O)N1CCC(Nc2nc(-c3cccc(Cl)c3)no2)CC1. The fourth-order valence-electron chi connectivity index (χ4n) is 2.66. The van der Waals surface area contributed by atoms with E-state index in [4.69, 9.17) is 16.1 Å². The molecule has 0 radical (unpaired) electrons. The Balaban J connectivity index is 1.60. The molecule has 3 rings (SSSR count). The summed E-state index contributed by atoms with van der Waals surface area (Å²) in [5.41, 5.74) is 0.781. The number of rotatable bonds is 5. The van der Waals surface area contributed by atoms with E-state index < -0.39 is 10.0 Å². The van der Waals surface area contributed by atoms with Gasteiger partial charge in [-0.05, 0) is 31.9 Å². The van der Waals surface area contributed by atoms with Crippen molar-refractivity contribution in [2.24, 2.45) is 0 Å². The highest BCUT2D eigenvalue weighted by Crippen LogP contribution is 2.23. The topological polar surface area (TPSA) is 88.3 Å². The smallest absolute Gasteiger partial charge is 0.322 e. The summed E-state index contributed by atoms with van der Waals surface area (Å²) in [6.45, 7) is 2.67. The third-order valence-electron chi connectivity index (χ3n) is 4.05. The highest BCUT2D eigenvalue weighted by Gasteiger charge is 2.27. The minimum atomic E-state index is -3.11. The number of piperidine rings is 1. The zero-order chi connectivity index (χ0) is 17.2. The monoisotopic (exact) mass is 370 g/mol. The molecule has 1 aromatic carbocycles. The molecule has 24 heavy (non-hydrogen) atoms. The Labute approximate surface area is 146 Å². The molecule has 2 aromatic rings. The molecule has 0 amide bonds. The second-order valence-electron chi connectivity index (χ2n) is 5.65. The third kappa shape index (κ3) is 3.88. The zero-order valence-corrected chi connectivity index (χ0v) is 14.8. The fraction of sp³-hybridized carbons (Fsp3) is 0.467. The highest BCUT2D eigenvalue weighted by atomic mass is 35.5. The van der Waals surface area contributed by atoms with Crippen LogP contribution in [0.2, 0.25) is 5.02 Å². The van der Waals surface area contributed by atoms with Crippen LogP contribution in [0.25, 0.3) is 11.4 Å². The zero-order valence-electron chi connectivity index (χ0n) is 13.3. The molecule has 0 saturated carbocycles. The Morgan fingerprint density at radius 2 is 2.12 bits per heavy atom. The van der Waals surface area contributed by atoms with E-state index in [2.05, 4.69) is 15.5 Å². The second kappa shape index (κ2) is 7.08. The Hall–Kier alpha value is -1.64. The molecule has 1 aliphatic heterocycles. The Morgan fingerprint density at radius 1 is 1.38 bits per heavy atom. The van der Waals surface area contributed by atoms with Crippen LogP contribution < -0.4 is 5.32 Å². The molecule has 130 valence electrons. The number of anilines is 1. The van der Waals surface area contributed by atoms with E-state index in [-0.39, 0.29) is 11.8 Å². The van der Waals surface area contributed by atoms with Crippen molar-refractivity contribution in [2.45, 2.75) is 25.8 Å². The van der Waals surface area contributed by atoms with E-state index in [0.29, 0.717) is 42.8 Å². The number of hydrogen-bond donors (Lipinski definition) is 1. The number of nitrogens with zero attached hydrogens (tertiary/aromatic N) is 3. The Kier molecular flexibility index (Phi) is 5.07. The van der Waals surface area contributed by atoms with Crippen LogP contribution in [0.5, 0.6) is 0 Å². The number of sulfonamides is 1. The summed E-state index contributed by atoms with van der Waals surface area (Å²) < 4.78 is 30.5. The lowest BCUT2D eigenvalue weighted by Gasteiger charge is -2.30. The van der Waals surface area contributed by atoms with Gasteiger partial charge in [0.05, 0.1) is 5.75 Å². The molecular formula is C15H19ClN4O3S. The third-order valence-corrected chi connectivity index (χ3v) is 6.17. The maximum atomic E-state index is 11.9. The van der Waals surface area contributed by atoms with Crippen molar-refractivity contribution in [3.63, 3.8) is 0 Å². The molecule has 0 unspecified atom stereocenters. The normalized spacial score (nSPS) is 17.1. The minimum Gasteiger partial charge on any atom is -0.335 e. The minimum absolute atomic E-state index is 0.112. The van der Waals surface area contributed by atoms with Gasteiger partial charge in [0.15, 0.2) is 0 Å². The predicted molar refractivity (Wildman–Crippen MR) is 92.4 cm³/mol. The molecular weight excluding hydrogens is 352 g/mol. The van der Waals surface area contributed by atoms with Crippen LogP contribution in [-0.2, 0) is 10.0 Å². The van der Waals surface area contributed by atoms with Crippen molar-refractivity contribution < 1.29 is 12.9 Å². The van der Waals surface area contributed by atoms with Gasteiger partial charge in [-0.2, -0.15) is 4.98 Å². The number of aromatic nitrogens is 2. The first-order valence-corrected chi connectivity index (χ1v) is 9.80. The molecule has 0 atom stereocenters. The van der Waals surface area contributed by atoms with Crippen LogP contribution in [0.15, 0.2) is 28.8 Å². The van der Waals surface area contributed by atoms with E-state index in [1.165, 1.54) is 4.31 Å². The molecule has 1 fully saturated rings. The average molecular weight is 371 g/mol. The average Bonchev–Trinajstić information content (AvgIpc) is 3.04. The standard InChI is InChI=1S/C15H19ClN4O3S/c1-2-24(21,22)20-8-6-13(7-9-20)17-15-18-14(19-23-15)11-4-3-5-12(16)10-11/h3-5,10,13H,2,6-9H2,1H3,(H,17,18,19). The summed E-state index contributed by atoms with van der Waals surface area (Å²) in [5.74, 6) is 0.601. The molecule has 0 aliphatic carbocycles. The van der Waals surface area contributed by atoms with Crippen molar-refractivity contribution in [1.29, 1.82) is 0 Å². The van der Waals surface area contributed by atoms with Gasteiger partial charge in [0.25, 0.3) is 0 Å². The largest absolute Gasteiger partial charge is 0.335 e. The van der Waals surface area contributed by atoms with Gasteiger partial charge in [-0.3, -0.25) is 0 Å². The van der Waals surface area contributed by atoms with Crippen molar-refractivity contribution in [3.05, 3.63) is 29.3 Å². The lowest BCUT2D eigenvalue weighted by Crippen LogP contribution is -2.42. The summed E-state index contributed by atoms with van der Waals surface area (Å²) in [6.07, 6.45) is 1.40. The van der Waals surface area contributed by atoms with E-state index in [0.717, 1.165) is 5.56 Å². The van der Waals surface area contributed by atoms with E-state index >= 15 is 0 Å². The number of nitrogens with one attached hydrogen (secondary N) is 1. The van der Waals surface area contributed by atoms with Gasteiger partial charge in [-0.25, -0.2) is 12.7 Å². The van der Waals surface area contributed by atoms with Crippen molar-refractivity contribution in [1.82, 2.24) is 14.4 Å². The molecule has 0 spiro atoms. The van der Waals surface area contributed by atoms with Gasteiger partial charge in [-0.1, -0.05) is 28.9 Å². The fourth-order valence-corrected chi connectivity index (χ4v) is 3.99. The van der Waals surface area contributed by atoms with Gasteiger partial charge < -0.3 is 9.84 Å². The van der Waals surface area contributed by atoms with Crippen LogP contribution in [0.3, 0.4) is 0 Å². The molecule has 1 N–H and O–H groups in total. The van der Waals surface area contributed by atoms with Crippen LogP contribution in [-0.4, -0.2) is 47.7 Å². The van der Waals surface area contributed by atoms with E-state index in [9.17, 15) is 8.42 Å². The van der Waals surface area contributed by atoms with Crippen LogP contribution >= 0.6 is 11.6 Å². The Bertz CT molecular complexity index is 801. The van der Waals surface area contributed by atoms with Crippen LogP contribution in [0, 0.1) is 0 Å². The number of benzene rings is 1. The van der Waals surface area contributed by atoms with Crippen molar-refractivity contribution >= 4 is 27.6 Å². The summed E-state index contributed by atoms with van der Waals surface area (Å²) in [5, 5.41) is 7.74. The molecule has 2 heterocycles. The molecule has 7 nitrogen and oxygen atoms in total. The summed E-state index contributed by atoms with van der Waals surface area (Å²) in [4.78, 5) is 4.32. The summed E-state index contributed by atoms with van der Waals surface area (Å²) >= 11 is 5.96. The van der Waals surface area contributed by atoms with E-state index in [1.54, 1.807) is 19.1 Å². The molecule has 1 saturated heterocycles. The summed E-state index contributed by atoms with van der Waals surface area (Å²) in [7, 11) is -3.11. The van der Waals surface area contributed by atoms with Gasteiger partial charge in [-0.15, -0.1) is 0 Å². The maximum absolute atomic E-state index is 11.9. The van der Waals surface area contributed by atoms with Gasteiger partial charge in [0.1, 0.15) is 0 Å². The first-order valence-electron chi connectivity index (χ1n) is 7.82. The van der Waals surface area contributed by atoms with Crippen LogP contribution in [0.1, 0.15) is 19.8 Å². The quantitative estimate of drug-likeness (QED) is 0.870. The molecule has 1 aliphatic rings. The predicted octanol–water partition coefficient (Wildman–Crippen LogP) is 2.62. The van der Waals surface area contributed by atoms with E-state index in [1.807, 2.05) is 12.1 Å². The highest BCUT2D eigenvalue weighted by molar-refractivity contribution is 7.89. The molecule has 9 heteroatoms. The maximum Gasteiger partial charge on any atom is 0.322 e. The van der Waals surface area contributed by atoms with Gasteiger partial charge >= 0.3 is 6.01 Å². The summed E-state index contributed by atoms with van der Waals surface area (Å²) in [6, 6.07) is 7.68. The van der Waals surface area contributed by atoms with Gasteiger partial charge in [0, 0.05) is 29.7 Å². The number of halogens is 1. The van der Waals surface area contributed by atoms with Crippen molar-refractivity contribution in [3.8, 4) is 11.4 Å². The number of hydrogen-bond acceptors (Lipinski definition) is 6. The van der Waals surface area contributed by atoms with Gasteiger partial charge in [0.2, 0.25) is 15.8 Å². The van der Waals surface area contributed by atoms with Crippen molar-refractivity contribution in [2.75, 3.05) is 24.2 Å². The second-order valence-corrected chi connectivity index (χ2v) is 8.35. The lowest BCUT2D eigenvalue weighted by atomic mass is 10.1. The first kappa shape index (κ1) is 17.2. The Morgan fingerprint density at radius 3 is 2.79 bits per heavy atom. The van der Waals surface area contributed by atoms with Crippen LogP contribution in [0.4, 0.5) is 6.01 Å².